The third kappa shape index (κ3) is 1.07. The van der Waals surface area contributed by atoms with Gasteiger partial charge in [-0.3, -0.25) is 4.79 Å². The van der Waals surface area contributed by atoms with E-state index >= 15 is 0 Å². The molecule has 3 heteroatoms. The summed E-state index contributed by atoms with van der Waals surface area (Å²) in [6.07, 6.45) is 4.39. The highest BCUT2D eigenvalue weighted by atomic mass is 32.2. The Morgan fingerprint density at radius 1 is 1.50 bits per heavy atom. The fraction of sp³-hybridized carbons (Fsp3) is 0.556. The summed E-state index contributed by atoms with van der Waals surface area (Å²) in [5.74, 6) is 0. The largest absolute Gasteiger partial charge is 0.281 e. The SMILES string of the molecule is N#CC1=C2CCCCC2SC1=O. The van der Waals surface area contributed by atoms with Crippen molar-refractivity contribution >= 4 is 16.9 Å². The van der Waals surface area contributed by atoms with Crippen LogP contribution in [0.4, 0.5) is 0 Å². The Morgan fingerprint density at radius 2 is 2.33 bits per heavy atom. The normalized spacial score (nSPS) is 28.6. The van der Waals surface area contributed by atoms with E-state index in [1.807, 2.05) is 6.07 Å². The second-order valence-electron chi connectivity index (χ2n) is 3.15. The number of nitriles is 1. The van der Waals surface area contributed by atoms with Crippen molar-refractivity contribution in [2.45, 2.75) is 30.9 Å². The molecule has 2 nitrogen and oxygen atoms in total. The van der Waals surface area contributed by atoms with E-state index in [4.69, 9.17) is 5.26 Å². The fourth-order valence-corrected chi connectivity index (χ4v) is 3.05. The monoisotopic (exact) mass is 179 g/mol. The third-order valence-electron chi connectivity index (χ3n) is 2.44. The van der Waals surface area contributed by atoms with Gasteiger partial charge < -0.3 is 0 Å². The van der Waals surface area contributed by atoms with Gasteiger partial charge in [0.2, 0.25) is 5.12 Å². The zero-order valence-corrected chi connectivity index (χ0v) is 7.49. The van der Waals surface area contributed by atoms with Gasteiger partial charge >= 0.3 is 0 Å². The molecule has 0 bridgehead atoms. The Balaban J connectivity index is 2.36. The van der Waals surface area contributed by atoms with E-state index in [9.17, 15) is 4.79 Å². The molecular formula is C9H9NOS. The zero-order valence-electron chi connectivity index (χ0n) is 6.67. The molecule has 12 heavy (non-hydrogen) atoms. The summed E-state index contributed by atoms with van der Waals surface area (Å²) in [5.41, 5.74) is 1.57. The maximum atomic E-state index is 11.3. The average molecular weight is 179 g/mol. The van der Waals surface area contributed by atoms with Gasteiger partial charge in [0.1, 0.15) is 11.6 Å². The second kappa shape index (κ2) is 2.95. The molecule has 1 saturated carbocycles. The first-order chi connectivity index (χ1) is 5.83. The molecule has 1 atom stereocenters. The summed E-state index contributed by atoms with van der Waals surface area (Å²) in [7, 11) is 0. The highest BCUT2D eigenvalue weighted by molar-refractivity contribution is 8.15. The van der Waals surface area contributed by atoms with E-state index in [0.29, 0.717) is 10.8 Å². The lowest BCUT2D eigenvalue weighted by Crippen LogP contribution is -2.08. The van der Waals surface area contributed by atoms with Crippen molar-refractivity contribution in [3.8, 4) is 6.07 Å². The van der Waals surface area contributed by atoms with Crippen molar-refractivity contribution in [3.05, 3.63) is 11.1 Å². The van der Waals surface area contributed by atoms with Gasteiger partial charge in [0.05, 0.1) is 0 Å². The Morgan fingerprint density at radius 3 is 3.08 bits per heavy atom. The zero-order chi connectivity index (χ0) is 8.55. The lowest BCUT2D eigenvalue weighted by molar-refractivity contribution is -0.107. The Hall–Kier alpha value is -0.750. The average Bonchev–Trinajstić information content (AvgIpc) is 2.40. The minimum absolute atomic E-state index is 0.000556. The molecule has 2 aliphatic rings. The molecule has 0 amide bonds. The van der Waals surface area contributed by atoms with Crippen molar-refractivity contribution in [3.63, 3.8) is 0 Å². The fourth-order valence-electron chi connectivity index (χ4n) is 1.83. The molecule has 0 aromatic rings. The van der Waals surface area contributed by atoms with Crippen LogP contribution in [0.15, 0.2) is 11.1 Å². The van der Waals surface area contributed by atoms with Gasteiger partial charge in [-0.25, -0.2) is 0 Å². The molecule has 2 rings (SSSR count). The summed E-state index contributed by atoms with van der Waals surface area (Å²) in [5, 5.41) is 9.08. The number of carbonyl (C=O) groups excluding carboxylic acids is 1. The van der Waals surface area contributed by atoms with E-state index in [-0.39, 0.29) is 5.12 Å². The topological polar surface area (TPSA) is 40.9 Å². The molecule has 1 heterocycles. The Kier molecular flexibility index (Phi) is 1.93. The molecule has 0 aromatic heterocycles. The predicted octanol–water partition coefficient (Wildman–Crippen LogP) is 2.02. The van der Waals surface area contributed by atoms with Crippen molar-refractivity contribution in [2.75, 3.05) is 0 Å². The van der Waals surface area contributed by atoms with Gasteiger partial charge in [0.25, 0.3) is 0 Å². The molecule has 0 saturated heterocycles. The number of rotatable bonds is 0. The van der Waals surface area contributed by atoms with Crippen molar-refractivity contribution in [1.82, 2.24) is 0 Å². The van der Waals surface area contributed by atoms with Crippen LogP contribution in [0.2, 0.25) is 0 Å². The number of thioether (sulfide) groups is 1. The van der Waals surface area contributed by atoms with Crippen LogP contribution in [0.3, 0.4) is 0 Å². The molecule has 1 aliphatic carbocycles. The lowest BCUT2D eigenvalue weighted by atomic mass is 9.91. The standard InChI is InChI=1S/C9H9NOS/c10-5-7-6-3-1-2-4-8(6)12-9(7)11/h8H,1-4H2. The van der Waals surface area contributed by atoms with E-state index in [1.165, 1.54) is 18.2 Å². The van der Waals surface area contributed by atoms with Crippen LogP contribution in [0, 0.1) is 11.3 Å². The molecule has 0 aromatic carbocycles. The lowest BCUT2D eigenvalue weighted by Gasteiger charge is -2.18. The first kappa shape index (κ1) is 7.88. The quantitative estimate of drug-likeness (QED) is 0.571. The maximum Gasteiger partial charge on any atom is 0.230 e. The van der Waals surface area contributed by atoms with Crippen molar-refractivity contribution in [1.29, 1.82) is 5.26 Å². The molecule has 0 N–H and O–H groups in total. The van der Waals surface area contributed by atoms with Crippen molar-refractivity contribution < 1.29 is 4.79 Å². The van der Waals surface area contributed by atoms with Gasteiger partial charge in [0.15, 0.2) is 0 Å². The number of carbonyl (C=O) groups is 1. The van der Waals surface area contributed by atoms with E-state index in [0.717, 1.165) is 24.8 Å². The summed E-state index contributed by atoms with van der Waals surface area (Å²) in [6.45, 7) is 0. The van der Waals surface area contributed by atoms with Crippen LogP contribution in [-0.4, -0.2) is 10.4 Å². The van der Waals surface area contributed by atoms with Gasteiger partial charge in [-0.1, -0.05) is 18.2 Å². The number of hydrogen-bond acceptors (Lipinski definition) is 3. The molecule has 1 unspecified atom stereocenters. The minimum Gasteiger partial charge on any atom is -0.281 e. The first-order valence-electron chi connectivity index (χ1n) is 4.17. The molecule has 1 aliphatic heterocycles. The predicted molar refractivity (Wildman–Crippen MR) is 47.5 cm³/mol. The second-order valence-corrected chi connectivity index (χ2v) is 4.33. The van der Waals surface area contributed by atoms with Crippen molar-refractivity contribution in [2.24, 2.45) is 0 Å². The van der Waals surface area contributed by atoms with Crippen LogP contribution < -0.4 is 0 Å². The minimum atomic E-state index is -0.000556. The Labute approximate surface area is 75.6 Å². The van der Waals surface area contributed by atoms with Gasteiger partial charge in [-0.05, 0) is 24.8 Å². The van der Waals surface area contributed by atoms with Crippen LogP contribution in [0.25, 0.3) is 0 Å². The molecule has 0 radical (unpaired) electrons. The number of fused-ring (bicyclic) bond motifs is 1. The Bertz CT molecular complexity index is 300. The summed E-state index contributed by atoms with van der Waals surface area (Å²) < 4.78 is 0. The van der Waals surface area contributed by atoms with Crippen LogP contribution in [0.5, 0.6) is 0 Å². The number of nitrogens with zero attached hydrogens (tertiary/aromatic N) is 1. The summed E-state index contributed by atoms with van der Waals surface area (Å²) in [6, 6.07) is 2.02. The van der Waals surface area contributed by atoms with E-state index in [1.54, 1.807) is 0 Å². The highest BCUT2D eigenvalue weighted by Crippen LogP contribution is 2.42. The van der Waals surface area contributed by atoms with Crippen LogP contribution in [0.1, 0.15) is 25.7 Å². The summed E-state index contributed by atoms with van der Waals surface area (Å²) >= 11 is 1.35. The third-order valence-corrected chi connectivity index (χ3v) is 3.66. The number of hydrogen-bond donors (Lipinski definition) is 0. The van der Waals surface area contributed by atoms with E-state index < -0.39 is 0 Å². The van der Waals surface area contributed by atoms with Gasteiger partial charge in [-0.15, -0.1) is 0 Å². The molecule has 0 spiro atoms. The highest BCUT2D eigenvalue weighted by Gasteiger charge is 2.34. The summed E-state index contributed by atoms with van der Waals surface area (Å²) in [4.78, 5) is 11.3. The maximum absolute atomic E-state index is 11.3. The van der Waals surface area contributed by atoms with Crippen LogP contribution >= 0.6 is 11.8 Å². The van der Waals surface area contributed by atoms with Gasteiger partial charge in [-0.2, -0.15) is 5.26 Å². The smallest absolute Gasteiger partial charge is 0.230 e. The molecular weight excluding hydrogens is 170 g/mol. The van der Waals surface area contributed by atoms with Gasteiger partial charge in [0, 0.05) is 5.25 Å². The van der Waals surface area contributed by atoms with Crippen LogP contribution in [-0.2, 0) is 4.79 Å². The first-order valence-corrected chi connectivity index (χ1v) is 5.05. The molecule has 62 valence electrons. The molecule has 1 fully saturated rings. The van der Waals surface area contributed by atoms with E-state index in [2.05, 4.69) is 0 Å².